The van der Waals surface area contributed by atoms with Crippen molar-refractivity contribution in [3.8, 4) is 11.3 Å². The molecular weight excluding hydrogens is 335 g/mol. The van der Waals surface area contributed by atoms with Gasteiger partial charge in [-0.25, -0.2) is 4.39 Å². The number of halogens is 1. The van der Waals surface area contributed by atoms with Gasteiger partial charge in [0.1, 0.15) is 23.7 Å². The molecular formula is C18H19FN6O. The molecule has 1 aliphatic heterocycles. The maximum absolute atomic E-state index is 13.9. The van der Waals surface area contributed by atoms with E-state index < -0.39 is 0 Å². The van der Waals surface area contributed by atoms with Gasteiger partial charge >= 0.3 is 0 Å². The number of hydrogen-bond acceptors (Lipinski definition) is 4. The number of aromatic nitrogens is 5. The summed E-state index contributed by atoms with van der Waals surface area (Å²) in [6.45, 7) is 1.29. The lowest BCUT2D eigenvalue weighted by molar-refractivity contribution is 0.0704. The fourth-order valence-electron chi connectivity index (χ4n) is 3.41. The van der Waals surface area contributed by atoms with Crippen LogP contribution < -0.4 is 0 Å². The van der Waals surface area contributed by atoms with Crippen molar-refractivity contribution in [2.45, 2.75) is 18.8 Å². The molecule has 0 aliphatic carbocycles. The fraction of sp³-hybridized carbons (Fsp3) is 0.333. The van der Waals surface area contributed by atoms with Crippen LogP contribution in [0.2, 0.25) is 0 Å². The van der Waals surface area contributed by atoms with E-state index in [1.807, 2.05) is 11.6 Å². The zero-order chi connectivity index (χ0) is 18.1. The molecule has 7 nitrogen and oxygen atoms in total. The number of H-pyrrole nitrogens is 1. The number of rotatable bonds is 3. The van der Waals surface area contributed by atoms with Crippen LogP contribution in [0.3, 0.4) is 0 Å². The topological polar surface area (TPSA) is 79.7 Å². The number of carbonyl (C=O) groups is 1. The maximum Gasteiger partial charge on any atom is 0.271 e. The van der Waals surface area contributed by atoms with Gasteiger partial charge in [-0.1, -0.05) is 12.1 Å². The number of hydrogen-bond donors (Lipinski definition) is 1. The molecule has 1 aromatic carbocycles. The van der Waals surface area contributed by atoms with Crippen molar-refractivity contribution in [3.63, 3.8) is 0 Å². The van der Waals surface area contributed by atoms with Crippen LogP contribution >= 0.6 is 0 Å². The molecule has 0 atom stereocenters. The number of aromatic amines is 1. The first-order valence-electron chi connectivity index (χ1n) is 8.57. The lowest BCUT2D eigenvalue weighted by Crippen LogP contribution is -2.38. The van der Waals surface area contributed by atoms with Crippen LogP contribution in [0.15, 0.2) is 36.7 Å². The molecule has 1 aliphatic rings. The number of amides is 1. The Morgan fingerprint density at radius 3 is 2.73 bits per heavy atom. The predicted octanol–water partition coefficient (Wildman–Crippen LogP) is 2.36. The van der Waals surface area contributed by atoms with Crippen molar-refractivity contribution >= 4 is 5.91 Å². The van der Waals surface area contributed by atoms with Gasteiger partial charge in [0, 0.05) is 31.6 Å². The molecule has 1 amide bonds. The number of nitrogens with zero attached hydrogens (tertiary/aromatic N) is 5. The van der Waals surface area contributed by atoms with Crippen LogP contribution in [0.25, 0.3) is 11.3 Å². The number of carbonyl (C=O) groups excluding carboxylic acids is 1. The van der Waals surface area contributed by atoms with Crippen LogP contribution in [-0.2, 0) is 7.05 Å². The van der Waals surface area contributed by atoms with Crippen molar-refractivity contribution in [2.24, 2.45) is 7.05 Å². The van der Waals surface area contributed by atoms with Crippen molar-refractivity contribution < 1.29 is 9.18 Å². The second-order valence-electron chi connectivity index (χ2n) is 6.51. The third-order valence-electron chi connectivity index (χ3n) is 4.85. The summed E-state index contributed by atoms with van der Waals surface area (Å²) in [5.41, 5.74) is 1.18. The number of likely N-dealkylation sites (tertiary alicyclic amines) is 1. The van der Waals surface area contributed by atoms with Gasteiger partial charge in [-0.2, -0.15) is 5.10 Å². The van der Waals surface area contributed by atoms with Gasteiger partial charge in [0.15, 0.2) is 0 Å². The summed E-state index contributed by atoms with van der Waals surface area (Å²) in [4.78, 5) is 14.5. The molecule has 1 N–H and O–H groups in total. The van der Waals surface area contributed by atoms with E-state index in [1.165, 1.54) is 6.07 Å². The molecule has 2 aromatic heterocycles. The highest BCUT2D eigenvalue weighted by Crippen LogP contribution is 2.27. The van der Waals surface area contributed by atoms with Gasteiger partial charge in [-0.05, 0) is 31.0 Å². The second kappa shape index (κ2) is 6.70. The highest BCUT2D eigenvalue weighted by atomic mass is 19.1. The largest absolute Gasteiger partial charge is 0.337 e. The predicted molar refractivity (Wildman–Crippen MR) is 92.9 cm³/mol. The summed E-state index contributed by atoms with van der Waals surface area (Å²) in [5, 5.41) is 14.9. The normalized spacial score (nSPS) is 15.4. The third kappa shape index (κ3) is 2.98. The smallest absolute Gasteiger partial charge is 0.271 e. The molecule has 1 fully saturated rings. The molecule has 0 saturated carbocycles. The van der Waals surface area contributed by atoms with E-state index in [0.29, 0.717) is 36.0 Å². The van der Waals surface area contributed by atoms with Gasteiger partial charge in [-0.3, -0.25) is 9.89 Å². The molecule has 4 rings (SSSR count). The van der Waals surface area contributed by atoms with E-state index in [0.717, 1.165) is 18.7 Å². The van der Waals surface area contributed by atoms with E-state index >= 15 is 0 Å². The summed E-state index contributed by atoms with van der Waals surface area (Å²) < 4.78 is 15.8. The molecule has 0 unspecified atom stereocenters. The minimum atomic E-state index is -0.359. The molecule has 0 radical (unpaired) electrons. The van der Waals surface area contributed by atoms with E-state index in [4.69, 9.17) is 0 Å². The van der Waals surface area contributed by atoms with Crippen LogP contribution in [-0.4, -0.2) is 48.9 Å². The molecule has 26 heavy (non-hydrogen) atoms. The molecule has 3 aromatic rings. The van der Waals surface area contributed by atoms with Gasteiger partial charge in [-0.15, -0.1) is 10.2 Å². The number of nitrogens with one attached hydrogen (secondary N) is 1. The Morgan fingerprint density at radius 1 is 1.27 bits per heavy atom. The Morgan fingerprint density at radius 2 is 2.04 bits per heavy atom. The number of benzene rings is 1. The van der Waals surface area contributed by atoms with Crippen LogP contribution in [0.1, 0.15) is 35.1 Å². The first kappa shape index (κ1) is 16.4. The van der Waals surface area contributed by atoms with Gasteiger partial charge in [0.25, 0.3) is 5.91 Å². The first-order chi connectivity index (χ1) is 12.6. The lowest BCUT2D eigenvalue weighted by atomic mass is 9.95. The Hall–Kier alpha value is -3.03. The van der Waals surface area contributed by atoms with Crippen molar-refractivity contribution in [3.05, 3.63) is 54.0 Å². The zero-order valence-corrected chi connectivity index (χ0v) is 14.4. The van der Waals surface area contributed by atoms with E-state index in [1.54, 1.807) is 35.5 Å². The molecule has 0 spiro atoms. The minimum Gasteiger partial charge on any atom is -0.337 e. The Bertz CT molecular complexity index is 925. The van der Waals surface area contributed by atoms with Crippen molar-refractivity contribution in [1.82, 2.24) is 29.9 Å². The quantitative estimate of drug-likeness (QED) is 0.783. The summed E-state index contributed by atoms with van der Waals surface area (Å²) in [5.74, 6) is 0.793. The SMILES string of the molecule is Cn1cnnc1C1CCN(C(=O)c2cc(-c3ccccc3F)n[nH]2)CC1. The average Bonchev–Trinajstić information content (AvgIpc) is 3.31. The maximum atomic E-state index is 13.9. The highest BCUT2D eigenvalue weighted by Gasteiger charge is 2.27. The summed E-state index contributed by atoms with van der Waals surface area (Å²) in [6.07, 6.45) is 3.38. The summed E-state index contributed by atoms with van der Waals surface area (Å²) in [6, 6.07) is 8.00. The Balaban J connectivity index is 1.45. The van der Waals surface area contributed by atoms with Gasteiger partial charge < -0.3 is 9.47 Å². The lowest BCUT2D eigenvalue weighted by Gasteiger charge is -2.31. The van der Waals surface area contributed by atoms with Gasteiger partial charge in [0.05, 0.1) is 5.69 Å². The standard InChI is InChI=1S/C18H19FN6O/c1-24-11-20-23-17(24)12-6-8-25(9-7-12)18(26)16-10-15(21-22-16)13-4-2-3-5-14(13)19/h2-5,10-12H,6-9H2,1H3,(H,21,22). The monoisotopic (exact) mass is 354 g/mol. The molecule has 0 bridgehead atoms. The Kier molecular flexibility index (Phi) is 4.24. The van der Waals surface area contributed by atoms with Crippen molar-refractivity contribution in [2.75, 3.05) is 13.1 Å². The fourth-order valence-corrected chi connectivity index (χ4v) is 3.41. The minimum absolute atomic E-state index is 0.114. The average molecular weight is 354 g/mol. The highest BCUT2D eigenvalue weighted by molar-refractivity contribution is 5.93. The molecule has 134 valence electrons. The Labute approximate surface area is 149 Å². The number of aryl methyl sites for hydroxylation is 1. The first-order valence-corrected chi connectivity index (χ1v) is 8.57. The van der Waals surface area contributed by atoms with E-state index in [-0.39, 0.29) is 11.7 Å². The summed E-state index contributed by atoms with van der Waals surface area (Å²) in [7, 11) is 1.93. The van der Waals surface area contributed by atoms with Crippen LogP contribution in [0.4, 0.5) is 4.39 Å². The zero-order valence-electron chi connectivity index (χ0n) is 14.4. The van der Waals surface area contributed by atoms with Crippen LogP contribution in [0, 0.1) is 5.82 Å². The second-order valence-corrected chi connectivity index (χ2v) is 6.51. The van der Waals surface area contributed by atoms with E-state index in [2.05, 4.69) is 20.4 Å². The van der Waals surface area contributed by atoms with Crippen LogP contribution in [0.5, 0.6) is 0 Å². The van der Waals surface area contributed by atoms with Crippen molar-refractivity contribution in [1.29, 1.82) is 0 Å². The molecule has 1 saturated heterocycles. The van der Waals surface area contributed by atoms with E-state index in [9.17, 15) is 9.18 Å². The van der Waals surface area contributed by atoms with Gasteiger partial charge in [0.2, 0.25) is 0 Å². The summed E-state index contributed by atoms with van der Waals surface area (Å²) >= 11 is 0. The number of piperidine rings is 1. The molecule has 3 heterocycles. The molecule has 8 heteroatoms. The third-order valence-corrected chi connectivity index (χ3v) is 4.85.